The first-order chi connectivity index (χ1) is 26.9. The van der Waals surface area contributed by atoms with E-state index in [0.717, 1.165) is 23.0 Å². The summed E-state index contributed by atoms with van der Waals surface area (Å²) in [6.07, 6.45) is 5.57. The van der Waals surface area contributed by atoms with E-state index in [9.17, 15) is 28.8 Å². The molecule has 1 aliphatic rings. The minimum Gasteiger partial charge on any atom is -0.370 e. The van der Waals surface area contributed by atoms with Gasteiger partial charge < -0.3 is 32.0 Å². The largest absolute Gasteiger partial charge is 0.370 e. The molecule has 316 valence electrons. The minimum atomic E-state index is -0.890. The summed E-state index contributed by atoms with van der Waals surface area (Å²) in [5, 5.41) is 7.18. The van der Waals surface area contributed by atoms with Crippen molar-refractivity contribution in [1.82, 2.24) is 20.5 Å². The molecule has 57 heavy (non-hydrogen) atoms. The van der Waals surface area contributed by atoms with Crippen molar-refractivity contribution >= 4 is 51.8 Å². The quantitative estimate of drug-likeness (QED) is 0.0518. The molecule has 7 N–H and O–H groups in total. The average Bonchev–Trinajstić information content (AvgIpc) is 3.80. The Labute approximate surface area is 339 Å². The molecule has 1 aliphatic heterocycles. The monoisotopic (exact) mass is 792 g/mol. The summed E-state index contributed by atoms with van der Waals surface area (Å²) in [5.41, 5.74) is 12.1. The van der Waals surface area contributed by atoms with E-state index >= 15 is 0 Å². The summed E-state index contributed by atoms with van der Waals surface area (Å²) in [6, 6.07) is 6.10. The Morgan fingerprint density at radius 2 is 1.70 bits per heavy atom. The topological polar surface area (TPSA) is 210 Å². The highest BCUT2D eigenvalue weighted by atomic mass is 16.2. The molecule has 0 radical (unpaired) electrons. The van der Waals surface area contributed by atoms with Crippen LogP contribution in [0.4, 0.5) is 0 Å². The van der Waals surface area contributed by atoms with Crippen LogP contribution in [0.5, 0.6) is 0 Å². The molecule has 0 aliphatic carbocycles. The Bertz CT molecular complexity index is 1710. The van der Waals surface area contributed by atoms with Crippen molar-refractivity contribution in [3.8, 4) is 0 Å². The summed E-state index contributed by atoms with van der Waals surface area (Å²) in [7, 11) is 0. The molecule has 1 aromatic carbocycles. The van der Waals surface area contributed by atoms with Gasteiger partial charge in [-0.15, -0.1) is 0 Å². The van der Waals surface area contributed by atoms with E-state index in [1.54, 1.807) is 4.90 Å². The van der Waals surface area contributed by atoms with Gasteiger partial charge in [0, 0.05) is 73.6 Å². The number of nitrogens with zero attached hydrogens (tertiary/aromatic N) is 2. The molecule has 1 aromatic heterocycles. The van der Waals surface area contributed by atoms with Crippen molar-refractivity contribution in [3.05, 3.63) is 36.0 Å². The van der Waals surface area contributed by atoms with Crippen molar-refractivity contribution in [1.29, 1.82) is 0 Å². The third-order valence-corrected chi connectivity index (χ3v) is 11.0. The third kappa shape index (κ3) is 14.8. The first kappa shape index (κ1) is 47.0. The van der Waals surface area contributed by atoms with Crippen LogP contribution in [-0.2, 0) is 35.2 Å². The number of hydrogen-bond acceptors (Lipinski definition) is 8. The van der Waals surface area contributed by atoms with Gasteiger partial charge >= 0.3 is 0 Å². The highest BCUT2D eigenvalue weighted by molar-refractivity contribution is 5.97. The number of benzene rings is 1. The van der Waals surface area contributed by atoms with Crippen LogP contribution in [0.25, 0.3) is 10.9 Å². The number of aromatic amines is 1. The maximum atomic E-state index is 14.4. The van der Waals surface area contributed by atoms with Crippen molar-refractivity contribution in [3.63, 3.8) is 0 Å². The van der Waals surface area contributed by atoms with E-state index in [1.165, 1.54) is 6.92 Å². The predicted molar refractivity (Wildman–Crippen MR) is 225 cm³/mol. The lowest BCUT2D eigenvalue weighted by molar-refractivity contribution is -0.143. The van der Waals surface area contributed by atoms with E-state index in [-0.39, 0.29) is 66.6 Å². The molecule has 2 aromatic rings. The number of aliphatic imine (C=N–C) groups is 1. The number of carbonyl (C=O) groups excluding carboxylic acids is 6. The van der Waals surface area contributed by atoms with Crippen LogP contribution < -0.4 is 22.1 Å². The second kappa shape index (κ2) is 22.5. The molecule has 5 atom stereocenters. The second-order valence-electron chi connectivity index (χ2n) is 17.4. The SMILES string of the molecule is CCNCCCC(=O)C[C@@H](CCCN=C(N)N)C(=O)N1CCC[C@H]1C(=O)C[C@@H](Cc1c[nH]c2ccccc12)C(=O)N[C@H](C(=O)C[C@@H](CC(C)C)C(C)=O)C(C)(C)C. The van der Waals surface area contributed by atoms with Gasteiger partial charge in [0.1, 0.15) is 11.6 Å². The smallest absolute Gasteiger partial charge is 0.226 e. The van der Waals surface area contributed by atoms with Crippen molar-refractivity contribution < 1.29 is 28.8 Å². The molecule has 0 saturated carbocycles. The van der Waals surface area contributed by atoms with Crippen molar-refractivity contribution in [2.75, 3.05) is 26.2 Å². The number of fused-ring (bicyclic) bond motifs is 1. The lowest BCUT2D eigenvalue weighted by Gasteiger charge is -2.33. The standard InChI is InChI=1S/C44H69N7O6/c1-8-47-19-12-15-34(53)24-30(14-11-20-48-43(45)46)42(57)51-21-13-18-37(51)38(54)26-32(23-33-27-49-36-17-10-9-16-35(33)36)41(56)50-40(44(5,6)7)39(55)25-31(29(4)52)22-28(2)3/h9-10,16-17,27-28,30-32,37,40,47,49H,8,11-15,18-26H2,1-7H3,(H,50,56)(H4,45,46,48)/t30-,31-,32-,37+,40-/m1/s1. The van der Waals surface area contributed by atoms with Crippen LogP contribution in [0, 0.1) is 29.1 Å². The van der Waals surface area contributed by atoms with Crippen LogP contribution >= 0.6 is 0 Å². The zero-order valence-electron chi connectivity index (χ0n) is 35.5. The number of H-pyrrole nitrogens is 1. The minimum absolute atomic E-state index is 0.00703. The molecular formula is C44H69N7O6. The van der Waals surface area contributed by atoms with Gasteiger partial charge in [-0.05, 0) is 87.9 Å². The predicted octanol–water partition coefficient (Wildman–Crippen LogP) is 5.04. The van der Waals surface area contributed by atoms with E-state index in [0.29, 0.717) is 64.6 Å². The van der Waals surface area contributed by atoms with Crippen molar-refractivity contribution in [2.45, 2.75) is 131 Å². The van der Waals surface area contributed by atoms with E-state index in [2.05, 4.69) is 20.6 Å². The van der Waals surface area contributed by atoms with Gasteiger partial charge in [-0.2, -0.15) is 0 Å². The summed E-state index contributed by atoms with van der Waals surface area (Å²) in [6.45, 7) is 15.4. The van der Waals surface area contributed by atoms with Gasteiger partial charge in [0.2, 0.25) is 11.8 Å². The fraction of sp³-hybridized carbons (Fsp3) is 0.659. The second-order valence-corrected chi connectivity index (χ2v) is 17.4. The Kier molecular flexibility index (Phi) is 18.6. The van der Waals surface area contributed by atoms with Gasteiger partial charge in [0.05, 0.1) is 12.1 Å². The number of Topliss-reactive ketones (excluding diaryl/α,β-unsaturated/α-hetero) is 4. The third-order valence-electron chi connectivity index (χ3n) is 11.0. The normalized spacial score (nSPS) is 16.6. The first-order valence-corrected chi connectivity index (χ1v) is 20.9. The summed E-state index contributed by atoms with van der Waals surface area (Å²) in [4.78, 5) is 91.5. The summed E-state index contributed by atoms with van der Waals surface area (Å²) >= 11 is 0. The molecule has 1 fully saturated rings. The van der Waals surface area contributed by atoms with Gasteiger partial charge in [-0.1, -0.05) is 59.7 Å². The lowest BCUT2D eigenvalue weighted by atomic mass is 9.79. The number of carbonyl (C=O) groups is 6. The average molecular weight is 792 g/mol. The number of ketones is 4. The molecule has 1 saturated heterocycles. The highest BCUT2D eigenvalue weighted by Crippen LogP contribution is 2.30. The molecule has 0 bridgehead atoms. The van der Waals surface area contributed by atoms with Crippen LogP contribution in [0.15, 0.2) is 35.5 Å². The fourth-order valence-electron chi connectivity index (χ4n) is 7.99. The Morgan fingerprint density at radius 1 is 0.982 bits per heavy atom. The number of para-hydroxylation sites is 1. The number of amides is 2. The van der Waals surface area contributed by atoms with Gasteiger partial charge in [0.15, 0.2) is 17.5 Å². The molecular weight excluding hydrogens is 723 g/mol. The van der Waals surface area contributed by atoms with Crippen LogP contribution in [-0.4, -0.2) is 89.1 Å². The number of aromatic nitrogens is 1. The Hall–Kier alpha value is -4.39. The Balaban J connectivity index is 1.89. The maximum absolute atomic E-state index is 14.4. The summed E-state index contributed by atoms with van der Waals surface area (Å²) in [5.74, 6) is -2.93. The van der Waals surface area contributed by atoms with E-state index in [4.69, 9.17) is 11.5 Å². The zero-order valence-corrected chi connectivity index (χ0v) is 35.5. The Morgan fingerprint density at radius 3 is 2.35 bits per heavy atom. The molecule has 0 unspecified atom stereocenters. The van der Waals surface area contributed by atoms with E-state index in [1.807, 2.05) is 72.0 Å². The molecule has 0 spiro atoms. The first-order valence-electron chi connectivity index (χ1n) is 20.9. The number of guanidine groups is 1. The molecule has 13 heteroatoms. The van der Waals surface area contributed by atoms with Crippen molar-refractivity contribution in [2.24, 2.45) is 45.5 Å². The number of hydrogen-bond donors (Lipinski definition) is 5. The maximum Gasteiger partial charge on any atom is 0.226 e. The van der Waals surface area contributed by atoms with Gasteiger partial charge in [0.25, 0.3) is 0 Å². The fourth-order valence-corrected chi connectivity index (χ4v) is 7.99. The molecule has 13 nitrogen and oxygen atoms in total. The highest BCUT2D eigenvalue weighted by Gasteiger charge is 2.40. The number of rotatable bonds is 25. The number of likely N-dealkylation sites (tertiary alicyclic amines) is 1. The van der Waals surface area contributed by atoms with Crippen LogP contribution in [0.2, 0.25) is 0 Å². The molecule has 2 amide bonds. The number of nitrogens with two attached hydrogens (primary N) is 2. The van der Waals surface area contributed by atoms with Crippen LogP contribution in [0.1, 0.15) is 118 Å². The summed E-state index contributed by atoms with van der Waals surface area (Å²) < 4.78 is 0. The molecule has 2 heterocycles. The van der Waals surface area contributed by atoms with E-state index < -0.39 is 41.2 Å². The lowest BCUT2D eigenvalue weighted by Crippen LogP contribution is -2.52. The van der Waals surface area contributed by atoms with Crippen LogP contribution in [0.3, 0.4) is 0 Å². The zero-order chi connectivity index (χ0) is 42.3. The van der Waals surface area contributed by atoms with Gasteiger partial charge in [-0.25, -0.2) is 0 Å². The number of nitrogens with one attached hydrogen (secondary N) is 3. The molecule has 3 rings (SSSR count). The van der Waals surface area contributed by atoms with Gasteiger partial charge in [-0.3, -0.25) is 33.8 Å².